The summed E-state index contributed by atoms with van der Waals surface area (Å²) in [5.41, 5.74) is 2.17. The van der Waals surface area contributed by atoms with Crippen molar-refractivity contribution in [1.29, 1.82) is 0 Å². The van der Waals surface area contributed by atoms with Crippen molar-refractivity contribution >= 4 is 27.5 Å². The zero-order chi connectivity index (χ0) is 19.6. The molecule has 27 heavy (non-hydrogen) atoms. The van der Waals surface area contributed by atoms with Crippen molar-refractivity contribution in [2.24, 2.45) is 0 Å². The van der Waals surface area contributed by atoms with Gasteiger partial charge in [-0.2, -0.15) is 0 Å². The van der Waals surface area contributed by atoms with Gasteiger partial charge < -0.3 is 19.7 Å². The molecule has 6 heteroatoms. The Morgan fingerprint density at radius 1 is 1.11 bits per heavy atom. The zero-order valence-electron chi connectivity index (χ0n) is 16.2. The Labute approximate surface area is 175 Å². The Balaban J connectivity index is 2.01. The van der Waals surface area contributed by atoms with E-state index in [1.54, 1.807) is 0 Å². The molecule has 0 aliphatic heterocycles. The minimum atomic E-state index is 0.440. The molecule has 0 saturated carbocycles. The smallest absolute Gasteiger partial charge is 0.162 e. The van der Waals surface area contributed by atoms with Gasteiger partial charge in [0.05, 0.1) is 6.61 Å². The average Bonchev–Trinajstić information content (AvgIpc) is 2.62. The third-order valence-electron chi connectivity index (χ3n) is 3.97. The van der Waals surface area contributed by atoms with Crippen LogP contribution in [-0.2, 0) is 13.2 Å². The maximum Gasteiger partial charge on any atom is 0.162 e. The van der Waals surface area contributed by atoms with Gasteiger partial charge in [-0.05, 0) is 75.9 Å². The van der Waals surface area contributed by atoms with Crippen LogP contribution in [0.1, 0.15) is 24.5 Å². The van der Waals surface area contributed by atoms with Crippen molar-refractivity contribution in [2.45, 2.75) is 26.5 Å². The molecule has 0 heterocycles. The van der Waals surface area contributed by atoms with Crippen LogP contribution in [0, 0.1) is 0 Å². The quantitative estimate of drug-likeness (QED) is 0.477. The first kappa shape index (κ1) is 22.0. The molecule has 1 N–H and O–H groups in total. The van der Waals surface area contributed by atoms with Crippen LogP contribution in [0.2, 0.25) is 5.02 Å². The fraction of sp³-hybridized carbons (Fsp3) is 0.429. The second kappa shape index (κ2) is 11.5. The fourth-order valence-electron chi connectivity index (χ4n) is 2.62. The van der Waals surface area contributed by atoms with E-state index in [9.17, 15) is 0 Å². The van der Waals surface area contributed by atoms with Crippen LogP contribution in [0.4, 0.5) is 0 Å². The number of hydrogen-bond donors (Lipinski definition) is 1. The molecule has 0 fully saturated rings. The number of nitrogens with zero attached hydrogens (tertiary/aromatic N) is 1. The molecule has 148 valence electrons. The Kier molecular flexibility index (Phi) is 9.42. The molecule has 2 aromatic rings. The van der Waals surface area contributed by atoms with Gasteiger partial charge in [-0.1, -0.05) is 39.7 Å². The van der Waals surface area contributed by atoms with Gasteiger partial charge in [-0.15, -0.1) is 0 Å². The predicted octanol–water partition coefficient (Wildman–Crippen LogP) is 5.12. The minimum absolute atomic E-state index is 0.440. The number of nitrogens with one attached hydrogen (secondary N) is 1. The normalized spacial score (nSPS) is 11.0. The van der Waals surface area contributed by atoms with Crippen LogP contribution in [0.5, 0.6) is 11.5 Å². The number of hydrogen-bond acceptors (Lipinski definition) is 4. The Morgan fingerprint density at radius 2 is 1.89 bits per heavy atom. The molecule has 0 atom stereocenters. The van der Waals surface area contributed by atoms with Gasteiger partial charge in [-0.25, -0.2) is 0 Å². The summed E-state index contributed by atoms with van der Waals surface area (Å²) in [5, 5.41) is 4.19. The van der Waals surface area contributed by atoms with Gasteiger partial charge in [-0.3, -0.25) is 0 Å². The molecule has 0 spiro atoms. The molecule has 0 radical (unpaired) electrons. The lowest BCUT2D eigenvalue weighted by molar-refractivity contribution is 0.269. The zero-order valence-corrected chi connectivity index (χ0v) is 18.6. The third-order valence-corrected chi connectivity index (χ3v) is 4.94. The van der Waals surface area contributed by atoms with E-state index in [1.165, 1.54) is 0 Å². The molecule has 0 aromatic heterocycles. The van der Waals surface area contributed by atoms with E-state index in [-0.39, 0.29) is 0 Å². The van der Waals surface area contributed by atoms with Gasteiger partial charge in [0.2, 0.25) is 0 Å². The molecule has 0 aliphatic rings. The molecule has 2 aromatic carbocycles. The average molecular weight is 456 g/mol. The summed E-state index contributed by atoms with van der Waals surface area (Å²) in [6.07, 6.45) is 1.11. The Bertz CT molecular complexity index is 725. The number of benzene rings is 2. The van der Waals surface area contributed by atoms with Gasteiger partial charge in [0.1, 0.15) is 6.61 Å². The maximum absolute atomic E-state index is 6.04. The second-order valence-corrected chi connectivity index (χ2v) is 7.87. The van der Waals surface area contributed by atoms with Gasteiger partial charge in [0, 0.05) is 16.0 Å². The van der Waals surface area contributed by atoms with Crippen LogP contribution in [-0.4, -0.2) is 38.7 Å². The van der Waals surface area contributed by atoms with Crippen molar-refractivity contribution in [3.63, 3.8) is 0 Å². The van der Waals surface area contributed by atoms with Crippen molar-refractivity contribution in [3.8, 4) is 11.5 Å². The summed E-state index contributed by atoms with van der Waals surface area (Å²) in [6, 6.07) is 11.7. The molecule has 0 amide bonds. The van der Waals surface area contributed by atoms with E-state index in [4.69, 9.17) is 21.1 Å². The first-order chi connectivity index (χ1) is 13.0. The molecular formula is C21H28BrClN2O2. The summed E-state index contributed by atoms with van der Waals surface area (Å²) in [6.45, 7) is 5.83. The van der Waals surface area contributed by atoms with E-state index in [0.29, 0.717) is 18.2 Å². The lowest BCUT2D eigenvalue weighted by Crippen LogP contribution is -2.21. The topological polar surface area (TPSA) is 33.7 Å². The van der Waals surface area contributed by atoms with Crippen molar-refractivity contribution in [2.75, 3.05) is 33.8 Å². The van der Waals surface area contributed by atoms with E-state index < -0.39 is 0 Å². The highest BCUT2D eigenvalue weighted by molar-refractivity contribution is 9.10. The summed E-state index contributed by atoms with van der Waals surface area (Å²) in [4.78, 5) is 2.19. The predicted molar refractivity (Wildman–Crippen MR) is 116 cm³/mol. The molecule has 2 rings (SSSR count). The van der Waals surface area contributed by atoms with Gasteiger partial charge >= 0.3 is 0 Å². The Hall–Kier alpha value is -1.27. The summed E-state index contributed by atoms with van der Waals surface area (Å²) in [7, 11) is 4.18. The van der Waals surface area contributed by atoms with Gasteiger partial charge in [0.25, 0.3) is 0 Å². The molecular weight excluding hydrogens is 428 g/mol. The highest BCUT2D eigenvalue weighted by atomic mass is 79.9. The molecule has 0 aliphatic carbocycles. The number of rotatable bonds is 11. The lowest BCUT2D eigenvalue weighted by Gasteiger charge is -2.16. The first-order valence-electron chi connectivity index (χ1n) is 9.17. The third kappa shape index (κ3) is 7.70. The monoisotopic (exact) mass is 454 g/mol. The number of ether oxygens (including phenoxy) is 2. The Morgan fingerprint density at radius 3 is 2.59 bits per heavy atom. The molecule has 0 saturated heterocycles. The minimum Gasteiger partial charge on any atom is -0.490 e. The molecule has 0 unspecified atom stereocenters. The number of halogens is 2. The maximum atomic E-state index is 6.04. The second-order valence-electron chi connectivity index (χ2n) is 6.58. The van der Waals surface area contributed by atoms with E-state index >= 15 is 0 Å². The van der Waals surface area contributed by atoms with Crippen LogP contribution in [0.3, 0.4) is 0 Å². The van der Waals surface area contributed by atoms with Crippen molar-refractivity contribution in [3.05, 3.63) is 57.0 Å². The standard InChI is InChI=1S/C21H28BrClN2O2/c1-4-26-20-12-17(14-24-9-6-10-25(2)3)19(22)13-21(20)27-15-16-7-5-8-18(23)11-16/h5,7-8,11-13,24H,4,6,9-10,14-15H2,1-3H3. The van der Waals surface area contributed by atoms with Crippen molar-refractivity contribution < 1.29 is 9.47 Å². The van der Waals surface area contributed by atoms with E-state index in [1.807, 2.05) is 43.3 Å². The van der Waals surface area contributed by atoms with Crippen LogP contribution in [0.25, 0.3) is 0 Å². The van der Waals surface area contributed by atoms with Crippen LogP contribution < -0.4 is 14.8 Å². The largest absolute Gasteiger partial charge is 0.490 e. The van der Waals surface area contributed by atoms with E-state index in [0.717, 1.165) is 53.2 Å². The highest BCUT2D eigenvalue weighted by Crippen LogP contribution is 2.34. The van der Waals surface area contributed by atoms with Crippen molar-refractivity contribution in [1.82, 2.24) is 10.2 Å². The fourth-order valence-corrected chi connectivity index (χ4v) is 3.30. The highest BCUT2D eigenvalue weighted by Gasteiger charge is 2.11. The lowest BCUT2D eigenvalue weighted by atomic mass is 10.2. The molecule has 4 nitrogen and oxygen atoms in total. The van der Waals surface area contributed by atoms with Crippen LogP contribution in [0.15, 0.2) is 40.9 Å². The molecule has 0 bridgehead atoms. The SMILES string of the molecule is CCOc1cc(CNCCCN(C)C)c(Br)cc1OCc1cccc(Cl)c1. The summed E-state index contributed by atoms with van der Waals surface area (Å²) >= 11 is 9.70. The van der Waals surface area contributed by atoms with Gasteiger partial charge in [0.15, 0.2) is 11.5 Å². The van der Waals surface area contributed by atoms with E-state index in [2.05, 4.69) is 40.2 Å². The summed E-state index contributed by atoms with van der Waals surface area (Å²) in [5.74, 6) is 1.48. The first-order valence-corrected chi connectivity index (χ1v) is 10.3. The summed E-state index contributed by atoms with van der Waals surface area (Å²) < 4.78 is 12.8. The van der Waals surface area contributed by atoms with Crippen LogP contribution >= 0.6 is 27.5 Å².